The van der Waals surface area contributed by atoms with E-state index in [9.17, 15) is 4.39 Å². The molecular weight excluding hydrogens is 86.0 g/mol. The maximum Gasteiger partial charge on any atom is 0.107 e. The molecule has 1 unspecified atom stereocenters. The van der Waals surface area contributed by atoms with E-state index in [4.69, 9.17) is 0 Å². The molecule has 32 valence electrons. The molecule has 0 aromatic carbocycles. The summed E-state index contributed by atoms with van der Waals surface area (Å²) in [5.41, 5.74) is 0. The Labute approximate surface area is 34.7 Å². The maximum atomic E-state index is 10.6. The quantitative estimate of drug-likeness (QED) is 0.338. The minimum Gasteiger partial charge on any atom is -0.247 e. The summed E-state index contributed by atoms with van der Waals surface area (Å²) in [6.45, 7) is 2.69. The van der Waals surface area contributed by atoms with Crippen molar-refractivity contribution >= 4 is 9.90 Å². The minimum absolute atomic E-state index is 0. The van der Waals surface area contributed by atoms with Gasteiger partial charge in [0, 0.05) is 0 Å². The van der Waals surface area contributed by atoms with E-state index in [0.717, 1.165) is 0 Å². The monoisotopic (exact) mass is 94.0 g/mol. The molecule has 0 radical (unpaired) electrons. The van der Waals surface area contributed by atoms with Crippen LogP contribution in [0.2, 0.25) is 0 Å². The molecule has 0 heterocycles. The smallest absolute Gasteiger partial charge is 0.107 e. The van der Waals surface area contributed by atoms with Crippen LogP contribution in [0.15, 0.2) is 12.7 Å². The summed E-state index contributed by atoms with van der Waals surface area (Å²) in [7, 11) is 0. The molecule has 0 nitrogen and oxygen atoms in total. The van der Waals surface area contributed by atoms with Gasteiger partial charge in [-0.05, 0) is 0 Å². The lowest BCUT2D eigenvalue weighted by Gasteiger charge is -1.54. The van der Waals surface area contributed by atoms with Crippen LogP contribution in [-0.2, 0) is 0 Å². The van der Waals surface area contributed by atoms with Crippen molar-refractivity contribution in [1.29, 1.82) is 0 Å². The number of alkyl halides is 1. The highest BCUT2D eigenvalue weighted by Crippen LogP contribution is 1.58. The number of hydrogen-bond donors (Lipinski definition) is 0. The predicted molar refractivity (Wildman–Crippen MR) is 27.3 cm³/mol. The van der Waals surface area contributed by atoms with Crippen LogP contribution in [0, 0.1) is 0 Å². The molecule has 1 atom stereocenters. The van der Waals surface area contributed by atoms with Gasteiger partial charge in [0.15, 0.2) is 0 Å². The SMILES string of the molecule is C=CCF.P. The lowest BCUT2D eigenvalue weighted by Crippen LogP contribution is -1.48. The Balaban J connectivity index is 0. The number of hydrogen-bond acceptors (Lipinski definition) is 0. The van der Waals surface area contributed by atoms with Crippen molar-refractivity contribution in [2.45, 2.75) is 0 Å². The van der Waals surface area contributed by atoms with Crippen LogP contribution in [0.4, 0.5) is 4.39 Å². The van der Waals surface area contributed by atoms with Gasteiger partial charge in [0.1, 0.15) is 6.67 Å². The Kier molecular flexibility index (Phi) is 15.9. The van der Waals surface area contributed by atoms with Gasteiger partial charge in [0.05, 0.1) is 0 Å². The molecule has 5 heavy (non-hydrogen) atoms. The number of halogens is 1. The summed E-state index contributed by atoms with van der Waals surface area (Å²) in [4.78, 5) is 0. The van der Waals surface area contributed by atoms with Gasteiger partial charge in [0.2, 0.25) is 0 Å². The summed E-state index contributed by atoms with van der Waals surface area (Å²) in [5, 5.41) is 0. The van der Waals surface area contributed by atoms with Crippen LogP contribution in [0.5, 0.6) is 0 Å². The third kappa shape index (κ3) is 14.9. The third-order valence-electron chi connectivity index (χ3n) is 0.109. The molecule has 2 heteroatoms. The van der Waals surface area contributed by atoms with E-state index in [1.165, 1.54) is 6.08 Å². The molecule has 0 bridgehead atoms. The normalized spacial score (nSPS) is 5.00. The second kappa shape index (κ2) is 8.93. The average Bonchev–Trinajstić information content (AvgIpc) is 1.37. The third-order valence-corrected chi connectivity index (χ3v) is 0.109. The van der Waals surface area contributed by atoms with E-state index in [1.807, 2.05) is 0 Å². The molecule has 0 fully saturated rings. The zero-order chi connectivity index (χ0) is 3.41. The van der Waals surface area contributed by atoms with Crippen molar-refractivity contribution in [3.63, 3.8) is 0 Å². The summed E-state index contributed by atoms with van der Waals surface area (Å²) >= 11 is 0. The summed E-state index contributed by atoms with van der Waals surface area (Å²) in [5.74, 6) is 0. The molecule has 0 saturated heterocycles. The first-order chi connectivity index (χ1) is 1.91. The van der Waals surface area contributed by atoms with E-state index in [-0.39, 0.29) is 9.90 Å². The van der Waals surface area contributed by atoms with Gasteiger partial charge in [-0.1, -0.05) is 6.08 Å². The molecule has 0 aliphatic rings. The van der Waals surface area contributed by atoms with Gasteiger partial charge in [-0.3, -0.25) is 0 Å². The van der Waals surface area contributed by atoms with Gasteiger partial charge in [-0.2, -0.15) is 9.90 Å². The summed E-state index contributed by atoms with van der Waals surface area (Å²) < 4.78 is 10.6. The summed E-state index contributed by atoms with van der Waals surface area (Å²) in [6.07, 6.45) is 1.21. The van der Waals surface area contributed by atoms with Gasteiger partial charge in [-0.15, -0.1) is 6.58 Å². The molecule has 0 rings (SSSR count). The Morgan fingerprint density at radius 1 is 1.80 bits per heavy atom. The van der Waals surface area contributed by atoms with Crippen molar-refractivity contribution in [2.75, 3.05) is 6.67 Å². The van der Waals surface area contributed by atoms with Crippen molar-refractivity contribution in [1.82, 2.24) is 0 Å². The van der Waals surface area contributed by atoms with Gasteiger partial charge in [-0.25, -0.2) is 4.39 Å². The Morgan fingerprint density at radius 3 is 2.00 bits per heavy atom. The van der Waals surface area contributed by atoms with Gasteiger partial charge < -0.3 is 0 Å². The van der Waals surface area contributed by atoms with Crippen LogP contribution in [0.1, 0.15) is 0 Å². The zero-order valence-electron chi connectivity index (χ0n) is 3.08. The molecular formula is C3H8FP. The molecule has 0 aliphatic heterocycles. The first kappa shape index (κ1) is 8.92. The van der Waals surface area contributed by atoms with Crippen LogP contribution in [0.3, 0.4) is 0 Å². The van der Waals surface area contributed by atoms with E-state index < -0.39 is 6.67 Å². The number of allylic oxidation sites excluding steroid dienone is 1. The van der Waals surface area contributed by atoms with Crippen molar-refractivity contribution < 1.29 is 4.39 Å². The fraction of sp³-hybridized carbons (Fsp3) is 0.333. The standard InChI is InChI=1S/C3H5F.H3P/c1-2-3-4;/h2H,1,3H2;1H3. The number of rotatable bonds is 1. The molecule has 0 amide bonds. The Hall–Kier alpha value is 0.100. The highest BCUT2D eigenvalue weighted by atomic mass is 31.0. The lowest BCUT2D eigenvalue weighted by molar-refractivity contribution is 0.562. The Morgan fingerprint density at radius 2 is 2.00 bits per heavy atom. The molecule has 0 spiro atoms. The average molecular weight is 94.1 g/mol. The fourth-order valence-electron chi connectivity index (χ4n) is 0. The first-order valence-corrected chi connectivity index (χ1v) is 1.08. The van der Waals surface area contributed by atoms with Crippen LogP contribution < -0.4 is 0 Å². The summed E-state index contributed by atoms with van der Waals surface area (Å²) in [6, 6.07) is 0. The van der Waals surface area contributed by atoms with Crippen LogP contribution >= 0.6 is 9.90 Å². The van der Waals surface area contributed by atoms with Crippen molar-refractivity contribution in [2.24, 2.45) is 0 Å². The highest BCUT2D eigenvalue weighted by Gasteiger charge is 1.49. The second-order valence-electron chi connectivity index (χ2n) is 0.443. The van der Waals surface area contributed by atoms with E-state index in [0.29, 0.717) is 0 Å². The fourth-order valence-corrected chi connectivity index (χ4v) is 0. The molecule has 0 N–H and O–H groups in total. The van der Waals surface area contributed by atoms with Crippen LogP contribution in [0.25, 0.3) is 0 Å². The van der Waals surface area contributed by atoms with E-state index in [1.54, 1.807) is 0 Å². The predicted octanol–water partition coefficient (Wildman–Crippen LogP) is 1.20. The van der Waals surface area contributed by atoms with Gasteiger partial charge in [0.25, 0.3) is 0 Å². The van der Waals surface area contributed by atoms with E-state index >= 15 is 0 Å². The molecule has 0 aromatic heterocycles. The Bertz CT molecular complexity index is 20.9. The van der Waals surface area contributed by atoms with Gasteiger partial charge >= 0.3 is 0 Å². The van der Waals surface area contributed by atoms with Crippen molar-refractivity contribution in [3.05, 3.63) is 12.7 Å². The lowest BCUT2D eigenvalue weighted by atomic mass is 10.7. The molecule has 0 saturated carbocycles. The topological polar surface area (TPSA) is 0 Å². The van der Waals surface area contributed by atoms with E-state index in [2.05, 4.69) is 6.58 Å². The first-order valence-electron chi connectivity index (χ1n) is 1.08. The van der Waals surface area contributed by atoms with Crippen LogP contribution in [-0.4, -0.2) is 6.67 Å². The molecule has 0 aromatic rings. The van der Waals surface area contributed by atoms with Crippen molar-refractivity contribution in [3.8, 4) is 0 Å². The minimum atomic E-state index is -0.417. The second-order valence-corrected chi connectivity index (χ2v) is 0.443. The maximum absolute atomic E-state index is 10.6. The molecule has 0 aliphatic carbocycles. The highest BCUT2D eigenvalue weighted by molar-refractivity contribution is 6.92. The zero-order valence-corrected chi connectivity index (χ0v) is 4.49. The largest absolute Gasteiger partial charge is 0.247 e.